The van der Waals surface area contributed by atoms with Gasteiger partial charge in [-0.2, -0.15) is 5.10 Å². The van der Waals surface area contributed by atoms with E-state index in [1.807, 2.05) is 80.5 Å². The van der Waals surface area contributed by atoms with E-state index in [1.54, 1.807) is 10.9 Å². The van der Waals surface area contributed by atoms with E-state index in [1.165, 1.54) is 5.56 Å². The molecule has 1 N–H and O–H groups in total. The van der Waals surface area contributed by atoms with Crippen molar-refractivity contribution < 1.29 is 4.79 Å². The van der Waals surface area contributed by atoms with Crippen LogP contribution in [0.1, 0.15) is 15.9 Å². The second-order valence-corrected chi connectivity index (χ2v) is 6.60. The molecule has 0 radical (unpaired) electrons. The van der Waals surface area contributed by atoms with Crippen molar-refractivity contribution in [3.8, 4) is 16.9 Å². The molecule has 1 amide bonds. The molecule has 26 heavy (non-hydrogen) atoms. The maximum atomic E-state index is 12.7. The van der Waals surface area contributed by atoms with Crippen LogP contribution in [0.3, 0.4) is 0 Å². The number of carbonyl (C=O) groups is 1. The fourth-order valence-corrected chi connectivity index (χ4v) is 2.67. The molecule has 0 spiro atoms. The zero-order valence-electron chi connectivity index (χ0n) is 15.4. The van der Waals surface area contributed by atoms with E-state index < -0.39 is 0 Å². The largest absolute Gasteiger partial charge is 0.351 e. The fourth-order valence-electron chi connectivity index (χ4n) is 2.67. The number of aryl methyl sites for hydroxylation is 1. The van der Waals surface area contributed by atoms with E-state index in [0.717, 1.165) is 17.8 Å². The third kappa shape index (κ3) is 4.18. The van der Waals surface area contributed by atoms with Crippen LogP contribution in [0.15, 0.2) is 60.8 Å². The molecule has 3 rings (SSSR count). The number of aromatic nitrogens is 2. The average molecular weight is 348 g/mol. The van der Waals surface area contributed by atoms with Gasteiger partial charge in [0.25, 0.3) is 5.91 Å². The minimum atomic E-state index is -0.107. The van der Waals surface area contributed by atoms with Crippen molar-refractivity contribution >= 4 is 5.91 Å². The molecule has 0 atom stereocenters. The molecule has 0 saturated heterocycles. The van der Waals surface area contributed by atoms with Crippen LogP contribution < -0.4 is 5.32 Å². The molecule has 5 nitrogen and oxygen atoms in total. The lowest BCUT2D eigenvalue weighted by molar-refractivity contribution is 0.0951. The number of hydrogen-bond acceptors (Lipinski definition) is 3. The van der Waals surface area contributed by atoms with Crippen molar-refractivity contribution in [3.63, 3.8) is 0 Å². The summed E-state index contributed by atoms with van der Waals surface area (Å²) in [5.74, 6) is -0.107. The quantitative estimate of drug-likeness (QED) is 0.744. The topological polar surface area (TPSA) is 50.2 Å². The van der Waals surface area contributed by atoms with Crippen LogP contribution in [0.25, 0.3) is 16.9 Å². The van der Waals surface area contributed by atoms with Gasteiger partial charge in [-0.15, -0.1) is 0 Å². The Hall–Kier alpha value is -2.92. The van der Waals surface area contributed by atoms with Gasteiger partial charge in [-0.05, 0) is 33.2 Å². The predicted octanol–water partition coefficient (Wildman–Crippen LogP) is 3.14. The standard InChI is InChI=1S/C21H24N4O/c1-16-9-11-18(12-10-16)25-15-19(21(26)22-13-14-24(2)3)20(23-25)17-7-5-4-6-8-17/h4-12,15H,13-14H2,1-3H3,(H,22,26). The summed E-state index contributed by atoms with van der Waals surface area (Å²) in [7, 11) is 3.97. The summed E-state index contributed by atoms with van der Waals surface area (Å²) in [4.78, 5) is 14.8. The van der Waals surface area contributed by atoms with E-state index in [2.05, 4.69) is 5.32 Å². The minimum Gasteiger partial charge on any atom is -0.351 e. The monoisotopic (exact) mass is 348 g/mol. The lowest BCUT2D eigenvalue weighted by Gasteiger charge is -2.10. The van der Waals surface area contributed by atoms with Crippen LogP contribution in [0.5, 0.6) is 0 Å². The predicted molar refractivity (Wildman–Crippen MR) is 105 cm³/mol. The van der Waals surface area contributed by atoms with Gasteiger partial charge in [0, 0.05) is 24.8 Å². The first-order valence-corrected chi connectivity index (χ1v) is 8.69. The molecule has 0 bridgehead atoms. The SMILES string of the molecule is Cc1ccc(-n2cc(C(=O)NCCN(C)C)c(-c3ccccc3)n2)cc1. The molecule has 3 aromatic rings. The fraction of sp³-hybridized carbons (Fsp3) is 0.238. The molecule has 1 heterocycles. The zero-order chi connectivity index (χ0) is 18.5. The number of benzene rings is 2. The summed E-state index contributed by atoms with van der Waals surface area (Å²) in [6.45, 7) is 3.43. The molecule has 2 aromatic carbocycles. The molecule has 0 fully saturated rings. The molecule has 5 heteroatoms. The van der Waals surface area contributed by atoms with Gasteiger partial charge in [-0.25, -0.2) is 4.68 Å². The molecule has 0 saturated carbocycles. The van der Waals surface area contributed by atoms with E-state index in [-0.39, 0.29) is 5.91 Å². The number of nitrogens with zero attached hydrogens (tertiary/aromatic N) is 3. The Morgan fingerprint density at radius 1 is 1.08 bits per heavy atom. The summed E-state index contributed by atoms with van der Waals surface area (Å²) >= 11 is 0. The highest BCUT2D eigenvalue weighted by Crippen LogP contribution is 2.23. The van der Waals surface area contributed by atoms with E-state index in [4.69, 9.17) is 5.10 Å². The maximum Gasteiger partial charge on any atom is 0.255 e. The molecular formula is C21H24N4O. The Bertz CT molecular complexity index is 867. The molecule has 0 aliphatic heterocycles. The molecule has 0 unspecified atom stereocenters. The van der Waals surface area contributed by atoms with Crippen molar-refractivity contribution in [2.24, 2.45) is 0 Å². The first-order valence-electron chi connectivity index (χ1n) is 8.69. The summed E-state index contributed by atoms with van der Waals surface area (Å²) in [5, 5.41) is 7.67. The first-order chi connectivity index (χ1) is 12.5. The van der Waals surface area contributed by atoms with Gasteiger partial charge in [0.1, 0.15) is 5.69 Å². The Morgan fingerprint density at radius 2 is 1.77 bits per heavy atom. The number of hydrogen-bond donors (Lipinski definition) is 1. The van der Waals surface area contributed by atoms with E-state index >= 15 is 0 Å². The van der Waals surface area contributed by atoms with Gasteiger partial charge < -0.3 is 10.2 Å². The van der Waals surface area contributed by atoms with Crippen LogP contribution in [-0.4, -0.2) is 47.8 Å². The highest BCUT2D eigenvalue weighted by molar-refractivity contribution is 5.99. The first kappa shape index (κ1) is 17.9. The summed E-state index contributed by atoms with van der Waals surface area (Å²) in [6.07, 6.45) is 1.80. The molecule has 0 aliphatic rings. The van der Waals surface area contributed by atoms with Gasteiger partial charge >= 0.3 is 0 Å². The molecule has 0 aliphatic carbocycles. The summed E-state index contributed by atoms with van der Waals surface area (Å²) < 4.78 is 1.77. The van der Waals surface area contributed by atoms with Gasteiger partial charge in [0.2, 0.25) is 0 Å². The average Bonchev–Trinajstić information content (AvgIpc) is 3.08. The highest BCUT2D eigenvalue weighted by Gasteiger charge is 2.18. The van der Waals surface area contributed by atoms with Gasteiger partial charge in [0.05, 0.1) is 11.3 Å². The second-order valence-electron chi connectivity index (χ2n) is 6.60. The van der Waals surface area contributed by atoms with Crippen molar-refractivity contribution in [3.05, 3.63) is 71.9 Å². The third-order valence-corrected chi connectivity index (χ3v) is 4.15. The lowest BCUT2D eigenvalue weighted by atomic mass is 10.1. The van der Waals surface area contributed by atoms with Gasteiger partial charge in [-0.1, -0.05) is 48.0 Å². The van der Waals surface area contributed by atoms with Gasteiger partial charge in [0.15, 0.2) is 0 Å². The Balaban J connectivity index is 1.95. The zero-order valence-corrected chi connectivity index (χ0v) is 15.4. The van der Waals surface area contributed by atoms with E-state index in [9.17, 15) is 4.79 Å². The summed E-state index contributed by atoms with van der Waals surface area (Å²) in [6, 6.07) is 17.9. The normalized spacial score (nSPS) is 10.9. The number of carbonyl (C=O) groups excluding carboxylic acids is 1. The smallest absolute Gasteiger partial charge is 0.255 e. The van der Waals surface area contributed by atoms with Crippen LogP contribution in [0.4, 0.5) is 0 Å². The minimum absolute atomic E-state index is 0.107. The van der Waals surface area contributed by atoms with Crippen molar-refractivity contribution in [2.45, 2.75) is 6.92 Å². The Morgan fingerprint density at radius 3 is 2.42 bits per heavy atom. The third-order valence-electron chi connectivity index (χ3n) is 4.15. The summed E-state index contributed by atoms with van der Waals surface area (Å²) in [5.41, 5.74) is 4.31. The van der Waals surface area contributed by atoms with Crippen LogP contribution in [0, 0.1) is 6.92 Å². The number of likely N-dealkylation sites (N-methyl/N-ethyl adjacent to an activating group) is 1. The number of nitrogens with one attached hydrogen (secondary N) is 1. The van der Waals surface area contributed by atoms with Crippen LogP contribution in [0.2, 0.25) is 0 Å². The molecular weight excluding hydrogens is 324 g/mol. The van der Waals surface area contributed by atoms with Crippen LogP contribution in [-0.2, 0) is 0 Å². The maximum absolute atomic E-state index is 12.7. The number of rotatable bonds is 6. The van der Waals surface area contributed by atoms with Crippen molar-refractivity contribution in [1.29, 1.82) is 0 Å². The molecule has 1 aromatic heterocycles. The van der Waals surface area contributed by atoms with Crippen molar-refractivity contribution in [2.75, 3.05) is 27.2 Å². The Labute approximate surface area is 154 Å². The van der Waals surface area contributed by atoms with E-state index in [0.29, 0.717) is 17.8 Å². The van der Waals surface area contributed by atoms with Crippen molar-refractivity contribution in [1.82, 2.24) is 20.0 Å². The Kier molecular flexibility index (Phi) is 5.49. The molecule has 134 valence electrons. The highest BCUT2D eigenvalue weighted by atomic mass is 16.1. The number of amides is 1. The van der Waals surface area contributed by atoms with Crippen LogP contribution >= 0.6 is 0 Å². The van der Waals surface area contributed by atoms with Gasteiger partial charge in [-0.3, -0.25) is 4.79 Å². The second kappa shape index (κ2) is 7.97. The lowest BCUT2D eigenvalue weighted by Crippen LogP contribution is -2.31.